The number of para-hydroxylation sites is 1. The Kier molecular flexibility index (Phi) is 3.61. The molecule has 4 rings (SSSR count). The van der Waals surface area contributed by atoms with E-state index in [0.717, 1.165) is 17.4 Å². The molecule has 0 bridgehead atoms. The number of furan rings is 1. The maximum absolute atomic E-state index is 12.2. The molecule has 1 heterocycles. The Hall–Kier alpha value is -3.08. The Bertz CT molecular complexity index is 999. The minimum Gasteiger partial charge on any atom is -0.480 e. The van der Waals surface area contributed by atoms with Crippen LogP contribution in [0.5, 0.6) is 0 Å². The summed E-state index contributed by atoms with van der Waals surface area (Å²) in [7, 11) is 0. The van der Waals surface area contributed by atoms with Gasteiger partial charge in [-0.3, -0.25) is 9.59 Å². The summed E-state index contributed by atoms with van der Waals surface area (Å²) in [4.78, 5) is 24.3. The fourth-order valence-corrected chi connectivity index (χ4v) is 4.05. The molecule has 5 nitrogen and oxygen atoms in total. The van der Waals surface area contributed by atoms with Crippen molar-refractivity contribution >= 4 is 22.9 Å². The number of carboxylic acid groups (broad SMARTS) is 2. The lowest BCUT2D eigenvalue weighted by Crippen LogP contribution is -2.43. The first-order valence-electron chi connectivity index (χ1n) is 8.55. The summed E-state index contributed by atoms with van der Waals surface area (Å²) in [6, 6.07) is 14.9. The summed E-state index contributed by atoms with van der Waals surface area (Å²) in [5.74, 6) is -3.04. The van der Waals surface area contributed by atoms with Gasteiger partial charge in [0, 0.05) is 23.3 Å². The number of hydrogen-bond acceptors (Lipinski definition) is 3. The van der Waals surface area contributed by atoms with Crippen LogP contribution >= 0.6 is 0 Å². The highest BCUT2D eigenvalue weighted by Crippen LogP contribution is 2.54. The zero-order valence-corrected chi connectivity index (χ0v) is 14.2. The Morgan fingerprint density at radius 2 is 1.73 bits per heavy atom. The fourth-order valence-electron chi connectivity index (χ4n) is 4.05. The molecule has 0 amide bonds. The first-order chi connectivity index (χ1) is 12.5. The minimum atomic E-state index is -1.97. The van der Waals surface area contributed by atoms with Gasteiger partial charge in [0.05, 0.1) is 0 Å². The number of fused-ring (bicyclic) bond motifs is 3. The highest BCUT2D eigenvalue weighted by Gasteiger charge is 2.60. The zero-order valence-electron chi connectivity index (χ0n) is 14.2. The Morgan fingerprint density at radius 3 is 2.35 bits per heavy atom. The van der Waals surface area contributed by atoms with Gasteiger partial charge in [-0.15, -0.1) is 0 Å². The van der Waals surface area contributed by atoms with E-state index in [9.17, 15) is 19.8 Å². The third-order valence-electron chi connectivity index (χ3n) is 5.42. The van der Waals surface area contributed by atoms with Gasteiger partial charge in [0.1, 0.15) is 11.3 Å². The molecule has 1 aliphatic carbocycles. The number of carboxylic acids is 2. The molecule has 2 N–H and O–H groups in total. The normalized spacial score (nSPS) is 18.0. The summed E-state index contributed by atoms with van der Waals surface area (Å²) in [6.07, 6.45) is 0.690. The lowest BCUT2D eigenvalue weighted by atomic mass is 9.72. The van der Waals surface area contributed by atoms with Gasteiger partial charge in [0.15, 0.2) is 5.41 Å². The smallest absolute Gasteiger partial charge is 0.322 e. The van der Waals surface area contributed by atoms with Gasteiger partial charge in [-0.05, 0) is 23.6 Å². The second kappa shape index (κ2) is 5.73. The van der Waals surface area contributed by atoms with Crippen LogP contribution < -0.4 is 0 Å². The van der Waals surface area contributed by atoms with Crippen molar-refractivity contribution < 1.29 is 24.2 Å². The Labute approximate surface area is 149 Å². The average Bonchev–Trinajstić information content (AvgIpc) is 3.15. The molecular formula is C21H18O5. The highest BCUT2D eigenvalue weighted by atomic mass is 16.4. The average molecular weight is 350 g/mol. The molecule has 0 fully saturated rings. The van der Waals surface area contributed by atoms with E-state index < -0.39 is 23.3 Å². The van der Waals surface area contributed by atoms with E-state index in [1.54, 1.807) is 0 Å². The summed E-state index contributed by atoms with van der Waals surface area (Å²) < 4.78 is 5.84. The molecule has 0 saturated heterocycles. The van der Waals surface area contributed by atoms with Crippen molar-refractivity contribution in [3.05, 3.63) is 71.0 Å². The summed E-state index contributed by atoms with van der Waals surface area (Å²) in [5, 5.41) is 20.6. The first-order valence-corrected chi connectivity index (χ1v) is 8.55. The minimum absolute atomic E-state index is 0.165. The topological polar surface area (TPSA) is 87.7 Å². The van der Waals surface area contributed by atoms with Crippen LogP contribution in [0.3, 0.4) is 0 Å². The van der Waals surface area contributed by atoms with Gasteiger partial charge >= 0.3 is 11.9 Å². The van der Waals surface area contributed by atoms with Crippen LogP contribution in [0.25, 0.3) is 11.0 Å². The molecule has 1 aliphatic rings. The number of hydrogen-bond donors (Lipinski definition) is 2. The van der Waals surface area contributed by atoms with Crippen molar-refractivity contribution in [2.75, 3.05) is 0 Å². The molecule has 132 valence electrons. The van der Waals surface area contributed by atoms with E-state index in [4.69, 9.17) is 4.42 Å². The predicted molar refractivity (Wildman–Crippen MR) is 95.3 cm³/mol. The molecule has 1 unspecified atom stereocenters. The lowest BCUT2D eigenvalue weighted by molar-refractivity contribution is -0.165. The van der Waals surface area contributed by atoms with Crippen LogP contribution in [-0.2, 0) is 22.4 Å². The van der Waals surface area contributed by atoms with Crippen molar-refractivity contribution in [3.8, 4) is 0 Å². The number of carbonyl (C=O) groups is 2. The number of aryl methyl sites for hydroxylation is 1. The molecular weight excluding hydrogens is 332 g/mol. The Morgan fingerprint density at radius 1 is 1.08 bits per heavy atom. The van der Waals surface area contributed by atoms with Gasteiger partial charge in [0.25, 0.3) is 0 Å². The summed E-state index contributed by atoms with van der Waals surface area (Å²) in [6.45, 7) is 2.03. The maximum Gasteiger partial charge on any atom is 0.322 e. The molecule has 0 radical (unpaired) electrons. The second-order valence-corrected chi connectivity index (χ2v) is 6.72. The van der Waals surface area contributed by atoms with Crippen LogP contribution in [0.4, 0.5) is 0 Å². The van der Waals surface area contributed by atoms with Crippen LogP contribution in [0.15, 0.2) is 52.9 Å². The largest absolute Gasteiger partial charge is 0.480 e. The number of rotatable bonds is 4. The number of aliphatic carboxylic acids is 2. The fraction of sp³-hybridized carbons (Fsp3) is 0.238. The van der Waals surface area contributed by atoms with Crippen LogP contribution in [0.1, 0.15) is 35.3 Å². The molecule has 3 aromatic rings. The van der Waals surface area contributed by atoms with Crippen molar-refractivity contribution in [1.29, 1.82) is 0 Å². The van der Waals surface area contributed by atoms with Crippen LogP contribution in [0, 0.1) is 5.41 Å². The van der Waals surface area contributed by atoms with Gasteiger partial charge in [-0.2, -0.15) is 0 Å². The van der Waals surface area contributed by atoms with Crippen LogP contribution in [0.2, 0.25) is 0 Å². The SMILES string of the molecule is CCc1ccc(C2c3c(oc4ccccc34)CC2(C(=O)O)C(=O)O)cc1. The predicted octanol–water partition coefficient (Wildman–Crippen LogP) is 3.84. The van der Waals surface area contributed by atoms with Crippen LogP contribution in [-0.4, -0.2) is 22.2 Å². The molecule has 5 heteroatoms. The van der Waals surface area contributed by atoms with Crippen molar-refractivity contribution in [2.24, 2.45) is 5.41 Å². The Balaban J connectivity index is 2.00. The van der Waals surface area contributed by atoms with E-state index >= 15 is 0 Å². The maximum atomic E-state index is 12.2. The van der Waals surface area contributed by atoms with E-state index in [-0.39, 0.29) is 6.42 Å². The molecule has 26 heavy (non-hydrogen) atoms. The quantitative estimate of drug-likeness (QED) is 0.698. The monoisotopic (exact) mass is 350 g/mol. The van der Waals surface area contributed by atoms with Crippen molar-refractivity contribution in [1.82, 2.24) is 0 Å². The summed E-state index contributed by atoms with van der Waals surface area (Å²) in [5.41, 5.74) is 1.15. The molecule has 1 aromatic heterocycles. The van der Waals surface area contributed by atoms with Gasteiger partial charge in [0.2, 0.25) is 0 Å². The molecule has 0 spiro atoms. The molecule has 1 atom stereocenters. The first kappa shape index (κ1) is 16.4. The van der Waals surface area contributed by atoms with Gasteiger partial charge in [-0.25, -0.2) is 0 Å². The van der Waals surface area contributed by atoms with E-state index in [2.05, 4.69) is 0 Å². The van der Waals surface area contributed by atoms with E-state index in [0.29, 0.717) is 22.5 Å². The van der Waals surface area contributed by atoms with Crippen molar-refractivity contribution in [2.45, 2.75) is 25.7 Å². The summed E-state index contributed by atoms with van der Waals surface area (Å²) >= 11 is 0. The third kappa shape index (κ3) is 2.10. The molecule has 0 aliphatic heterocycles. The molecule has 0 saturated carbocycles. The van der Waals surface area contributed by atoms with E-state index in [1.165, 1.54) is 0 Å². The lowest BCUT2D eigenvalue weighted by Gasteiger charge is -2.28. The van der Waals surface area contributed by atoms with E-state index in [1.807, 2.05) is 55.5 Å². The highest BCUT2D eigenvalue weighted by molar-refractivity contribution is 6.03. The van der Waals surface area contributed by atoms with Crippen molar-refractivity contribution in [3.63, 3.8) is 0 Å². The zero-order chi connectivity index (χ0) is 18.5. The number of benzene rings is 2. The van der Waals surface area contributed by atoms with Gasteiger partial charge in [-0.1, -0.05) is 49.4 Å². The second-order valence-electron chi connectivity index (χ2n) is 6.72. The molecule has 2 aromatic carbocycles. The van der Waals surface area contributed by atoms with Gasteiger partial charge < -0.3 is 14.6 Å². The standard InChI is InChI=1S/C21H18O5/c1-2-12-7-9-13(10-8-12)18-17-14-5-3-4-6-15(14)26-16(17)11-21(18,19(22)23)20(24)25/h3-10,18H,2,11H2,1H3,(H,22,23)(H,24,25). The third-order valence-corrected chi connectivity index (χ3v) is 5.42.